The summed E-state index contributed by atoms with van der Waals surface area (Å²) in [5.74, 6) is 0. The Morgan fingerprint density at radius 3 is 2.38 bits per heavy atom. The Morgan fingerprint density at radius 1 is 1.06 bits per heavy atom. The molecule has 1 N–H and O–H groups in total. The topological polar surface area (TPSA) is 12.0 Å². The first kappa shape index (κ1) is 11.7. The molecule has 0 saturated carbocycles. The van der Waals surface area contributed by atoms with E-state index in [9.17, 15) is 0 Å². The highest BCUT2D eigenvalue weighted by atomic mass is 15.0. The zero-order chi connectivity index (χ0) is 11.6. The fraction of sp³-hybridized carbons (Fsp3) is 0.600. The predicted molar refractivity (Wildman–Crippen MR) is 69.4 cm³/mol. The highest BCUT2D eigenvalue weighted by molar-refractivity contribution is 5.19. The molecule has 0 unspecified atom stereocenters. The molecule has 1 aliphatic heterocycles. The average molecular weight is 217 g/mol. The molecule has 1 nitrogen and oxygen atoms in total. The summed E-state index contributed by atoms with van der Waals surface area (Å²) in [6, 6.07) is 12.0. The number of rotatable bonds is 1. The molecule has 0 aromatic heterocycles. The van der Waals surface area contributed by atoms with Gasteiger partial charge in [0.2, 0.25) is 0 Å². The second-order valence-corrected chi connectivity index (χ2v) is 5.98. The van der Waals surface area contributed by atoms with Gasteiger partial charge in [0.1, 0.15) is 0 Å². The molecule has 1 heteroatoms. The maximum Gasteiger partial charge on any atom is 0.0322 e. The summed E-state index contributed by atoms with van der Waals surface area (Å²) in [5.41, 5.74) is 1.81. The van der Waals surface area contributed by atoms with Crippen LogP contribution in [0.3, 0.4) is 0 Å². The number of hydrogen-bond donors (Lipinski definition) is 1. The van der Waals surface area contributed by atoms with Crippen molar-refractivity contribution in [1.29, 1.82) is 0 Å². The van der Waals surface area contributed by atoms with Gasteiger partial charge in [0.05, 0.1) is 0 Å². The van der Waals surface area contributed by atoms with Crippen molar-refractivity contribution in [1.82, 2.24) is 5.32 Å². The molecule has 1 aromatic carbocycles. The first-order valence-corrected chi connectivity index (χ1v) is 6.38. The van der Waals surface area contributed by atoms with Crippen LogP contribution in [0, 0.1) is 5.41 Å². The lowest BCUT2D eigenvalue weighted by atomic mass is 9.79. The van der Waals surface area contributed by atoms with Gasteiger partial charge < -0.3 is 5.32 Å². The molecular formula is C15H23N. The molecule has 1 aromatic rings. The van der Waals surface area contributed by atoms with E-state index in [2.05, 4.69) is 56.4 Å². The minimum Gasteiger partial charge on any atom is -0.307 e. The van der Waals surface area contributed by atoms with Crippen LogP contribution in [0.2, 0.25) is 0 Å². The Hall–Kier alpha value is -0.820. The van der Waals surface area contributed by atoms with Gasteiger partial charge in [0, 0.05) is 12.1 Å². The normalized spacial score (nSPS) is 26.7. The van der Waals surface area contributed by atoms with Crippen LogP contribution in [0.4, 0.5) is 0 Å². The lowest BCUT2D eigenvalue weighted by molar-refractivity contribution is 0.193. The van der Waals surface area contributed by atoms with Crippen molar-refractivity contribution < 1.29 is 0 Å². The SMILES string of the molecule is CC(C)(C)[C@@H]1CCC[C@H](c2ccccc2)N1. The summed E-state index contributed by atoms with van der Waals surface area (Å²) in [4.78, 5) is 0. The Morgan fingerprint density at radius 2 is 1.75 bits per heavy atom. The Balaban J connectivity index is 2.08. The first-order valence-electron chi connectivity index (χ1n) is 6.38. The molecule has 0 spiro atoms. The Kier molecular flexibility index (Phi) is 3.34. The molecule has 1 aliphatic rings. The van der Waals surface area contributed by atoms with Crippen molar-refractivity contribution in [2.45, 2.75) is 52.1 Å². The van der Waals surface area contributed by atoms with E-state index in [1.807, 2.05) is 0 Å². The van der Waals surface area contributed by atoms with Crippen LogP contribution in [0.15, 0.2) is 30.3 Å². The summed E-state index contributed by atoms with van der Waals surface area (Å²) in [5, 5.41) is 3.81. The fourth-order valence-corrected chi connectivity index (χ4v) is 2.57. The second-order valence-electron chi connectivity index (χ2n) is 5.98. The van der Waals surface area contributed by atoms with Gasteiger partial charge in [-0.05, 0) is 30.2 Å². The lowest BCUT2D eigenvalue weighted by Crippen LogP contribution is -2.45. The van der Waals surface area contributed by atoms with E-state index in [0.717, 1.165) is 0 Å². The molecule has 0 aliphatic carbocycles. The standard InChI is InChI=1S/C15H23N/c1-15(2,3)14-11-7-10-13(16-14)12-8-5-4-6-9-12/h4-6,8-9,13-14,16H,7,10-11H2,1-3H3/t13-,14+/m1/s1. The van der Waals surface area contributed by atoms with Crippen molar-refractivity contribution in [3.05, 3.63) is 35.9 Å². The van der Waals surface area contributed by atoms with Gasteiger partial charge in [-0.25, -0.2) is 0 Å². The van der Waals surface area contributed by atoms with E-state index in [0.29, 0.717) is 17.5 Å². The third-order valence-electron chi connectivity index (χ3n) is 3.64. The van der Waals surface area contributed by atoms with Crippen molar-refractivity contribution in [2.24, 2.45) is 5.41 Å². The molecule has 0 bridgehead atoms. The quantitative estimate of drug-likeness (QED) is 0.752. The summed E-state index contributed by atoms with van der Waals surface area (Å²) in [6.07, 6.45) is 3.93. The molecular weight excluding hydrogens is 194 g/mol. The van der Waals surface area contributed by atoms with Crippen LogP contribution in [-0.4, -0.2) is 6.04 Å². The monoisotopic (exact) mass is 217 g/mol. The van der Waals surface area contributed by atoms with Gasteiger partial charge in [-0.1, -0.05) is 51.1 Å². The molecule has 1 heterocycles. The third kappa shape index (κ3) is 2.65. The van der Waals surface area contributed by atoms with Crippen LogP contribution in [0.1, 0.15) is 51.6 Å². The molecule has 0 radical (unpaired) electrons. The molecule has 1 saturated heterocycles. The van der Waals surface area contributed by atoms with E-state index < -0.39 is 0 Å². The zero-order valence-electron chi connectivity index (χ0n) is 10.7. The minimum absolute atomic E-state index is 0.369. The highest BCUT2D eigenvalue weighted by Gasteiger charge is 2.30. The summed E-state index contributed by atoms with van der Waals surface area (Å²) < 4.78 is 0. The van der Waals surface area contributed by atoms with Gasteiger partial charge in [-0.3, -0.25) is 0 Å². The largest absolute Gasteiger partial charge is 0.307 e. The first-order chi connectivity index (χ1) is 7.57. The molecule has 16 heavy (non-hydrogen) atoms. The maximum absolute atomic E-state index is 3.81. The van der Waals surface area contributed by atoms with Gasteiger partial charge in [-0.2, -0.15) is 0 Å². The third-order valence-corrected chi connectivity index (χ3v) is 3.64. The van der Waals surface area contributed by atoms with E-state index >= 15 is 0 Å². The van der Waals surface area contributed by atoms with Crippen LogP contribution >= 0.6 is 0 Å². The second kappa shape index (κ2) is 4.58. The number of hydrogen-bond acceptors (Lipinski definition) is 1. The summed E-state index contributed by atoms with van der Waals surface area (Å²) in [6.45, 7) is 6.99. The molecule has 0 amide bonds. The molecule has 88 valence electrons. The van der Waals surface area contributed by atoms with E-state index in [1.54, 1.807) is 0 Å². The number of piperidine rings is 1. The Bertz CT molecular complexity index is 323. The van der Waals surface area contributed by atoms with Crippen LogP contribution < -0.4 is 5.32 Å². The average Bonchev–Trinajstić information content (AvgIpc) is 2.29. The minimum atomic E-state index is 0.369. The number of benzene rings is 1. The molecule has 2 atom stereocenters. The Labute approximate surface area is 99.3 Å². The summed E-state index contributed by atoms with van der Waals surface area (Å²) >= 11 is 0. The highest BCUT2D eigenvalue weighted by Crippen LogP contribution is 2.32. The van der Waals surface area contributed by atoms with Crippen LogP contribution in [0.5, 0.6) is 0 Å². The maximum atomic E-state index is 3.81. The molecule has 1 fully saturated rings. The zero-order valence-corrected chi connectivity index (χ0v) is 10.7. The van der Waals surface area contributed by atoms with Gasteiger partial charge in [0.25, 0.3) is 0 Å². The smallest absolute Gasteiger partial charge is 0.0322 e. The van der Waals surface area contributed by atoms with Crippen molar-refractivity contribution in [3.8, 4) is 0 Å². The fourth-order valence-electron chi connectivity index (χ4n) is 2.57. The van der Waals surface area contributed by atoms with Gasteiger partial charge >= 0.3 is 0 Å². The molecule has 2 rings (SSSR count). The lowest BCUT2D eigenvalue weighted by Gasteiger charge is -2.39. The van der Waals surface area contributed by atoms with Crippen LogP contribution in [0.25, 0.3) is 0 Å². The number of nitrogens with one attached hydrogen (secondary N) is 1. The van der Waals surface area contributed by atoms with Gasteiger partial charge in [-0.15, -0.1) is 0 Å². The van der Waals surface area contributed by atoms with Crippen LogP contribution in [-0.2, 0) is 0 Å². The predicted octanol–water partition coefficient (Wildman–Crippen LogP) is 3.92. The van der Waals surface area contributed by atoms with Crippen molar-refractivity contribution in [2.75, 3.05) is 0 Å². The van der Waals surface area contributed by atoms with E-state index in [4.69, 9.17) is 0 Å². The summed E-state index contributed by atoms with van der Waals surface area (Å²) in [7, 11) is 0. The van der Waals surface area contributed by atoms with Crippen molar-refractivity contribution in [3.63, 3.8) is 0 Å². The van der Waals surface area contributed by atoms with Gasteiger partial charge in [0.15, 0.2) is 0 Å². The van der Waals surface area contributed by atoms with E-state index in [-0.39, 0.29) is 0 Å². The van der Waals surface area contributed by atoms with Crippen molar-refractivity contribution >= 4 is 0 Å². The van der Waals surface area contributed by atoms with E-state index in [1.165, 1.54) is 24.8 Å².